The molecule has 3 rings (SSSR count). The average molecular weight is 383 g/mol. The first-order valence-electron chi connectivity index (χ1n) is 8.51. The molecule has 3 aromatic rings. The second-order valence-electron chi connectivity index (χ2n) is 6.07. The molecule has 0 spiro atoms. The molecule has 1 aromatic heterocycles. The van der Waals surface area contributed by atoms with Crippen LogP contribution in [0, 0.1) is 17.0 Å². The predicted molar refractivity (Wildman–Crippen MR) is 101 cm³/mol. The molecule has 144 valence electrons. The normalized spacial score (nSPS) is 10.7. The van der Waals surface area contributed by atoms with E-state index in [2.05, 4.69) is 0 Å². The lowest BCUT2D eigenvalue weighted by atomic mass is 10.1. The van der Waals surface area contributed by atoms with Gasteiger partial charge in [-0.15, -0.1) is 0 Å². The van der Waals surface area contributed by atoms with Crippen molar-refractivity contribution in [3.05, 3.63) is 68.1 Å². The molecule has 0 aliphatic rings. The molecule has 8 nitrogen and oxygen atoms in total. The number of aryl methyl sites for hydroxylation is 2. The molecule has 1 heterocycles. The first kappa shape index (κ1) is 19.1. The summed E-state index contributed by atoms with van der Waals surface area (Å²) in [5.74, 6) is 0.366. The smallest absolute Gasteiger partial charge is 0.308 e. The third-order valence-corrected chi connectivity index (χ3v) is 4.10. The highest BCUT2D eigenvalue weighted by Gasteiger charge is 2.17. The van der Waals surface area contributed by atoms with Gasteiger partial charge in [-0.25, -0.2) is 0 Å². The molecule has 0 amide bonds. The van der Waals surface area contributed by atoms with Crippen molar-refractivity contribution in [1.29, 1.82) is 0 Å². The molecule has 0 bridgehead atoms. The number of ether oxygens (including phenoxy) is 2. The fourth-order valence-electron chi connectivity index (χ4n) is 2.76. The molecular formula is C20H17NO7. The molecule has 0 atom stereocenters. The van der Waals surface area contributed by atoms with Crippen LogP contribution in [0.1, 0.15) is 25.2 Å². The predicted octanol–water partition coefficient (Wildman–Crippen LogP) is 4.29. The molecule has 0 unspecified atom stereocenters. The van der Waals surface area contributed by atoms with E-state index in [1.54, 1.807) is 13.0 Å². The Labute approximate surface area is 159 Å². The van der Waals surface area contributed by atoms with Crippen LogP contribution in [0.3, 0.4) is 0 Å². The molecule has 0 saturated carbocycles. The second-order valence-corrected chi connectivity index (χ2v) is 6.07. The Hall–Kier alpha value is -3.68. The van der Waals surface area contributed by atoms with E-state index >= 15 is 0 Å². The monoisotopic (exact) mass is 383 g/mol. The van der Waals surface area contributed by atoms with Crippen molar-refractivity contribution in [2.45, 2.75) is 27.2 Å². The van der Waals surface area contributed by atoms with Gasteiger partial charge in [-0.2, -0.15) is 0 Å². The zero-order chi connectivity index (χ0) is 20.4. The third kappa shape index (κ3) is 3.71. The van der Waals surface area contributed by atoms with Crippen LogP contribution < -0.4 is 14.9 Å². The summed E-state index contributed by atoms with van der Waals surface area (Å²) in [5.41, 5.74) is 0.480. The zero-order valence-corrected chi connectivity index (χ0v) is 15.5. The van der Waals surface area contributed by atoms with E-state index in [4.69, 9.17) is 13.9 Å². The molecule has 0 saturated heterocycles. The van der Waals surface area contributed by atoms with Gasteiger partial charge < -0.3 is 13.9 Å². The minimum atomic E-state index is -0.521. The van der Waals surface area contributed by atoms with Crippen molar-refractivity contribution in [3.8, 4) is 17.2 Å². The van der Waals surface area contributed by atoms with Gasteiger partial charge in [0.15, 0.2) is 0 Å². The van der Waals surface area contributed by atoms with Crippen LogP contribution in [0.4, 0.5) is 5.69 Å². The van der Waals surface area contributed by atoms with Gasteiger partial charge in [0, 0.05) is 25.1 Å². The lowest BCUT2D eigenvalue weighted by Gasteiger charge is -2.12. The molecule has 0 aliphatic carbocycles. The maximum Gasteiger partial charge on any atom is 0.308 e. The molecule has 0 fully saturated rings. The number of carbonyl (C=O) groups is 1. The van der Waals surface area contributed by atoms with Crippen LogP contribution in [-0.4, -0.2) is 10.9 Å². The Morgan fingerprint density at radius 3 is 2.46 bits per heavy atom. The summed E-state index contributed by atoms with van der Waals surface area (Å²) in [6.07, 6.45) is 0.546. The van der Waals surface area contributed by atoms with Gasteiger partial charge in [0.2, 0.25) is 11.2 Å². The van der Waals surface area contributed by atoms with E-state index in [1.165, 1.54) is 37.3 Å². The van der Waals surface area contributed by atoms with Crippen molar-refractivity contribution >= 4 is 22.6 Å². The number of nitro benzene ring substituents is 1. The fraction of sp³-hybridized carbons (Fsp3) is 0.200. The Balaban J connectivity index is 2.07. The van der Waals surface area contributed by atoms with E-state index < -0.39 is 10.9 Å². The van der Waals surface area contributed by atoms with Crippen LogP contribution in [-0.2, 0) is 11.2 Å². The SMILES string of the molecule is CCc1cc2c(=O)c(Oc3ccc([N+](=O)[O-])cc3)c(C)oc2cc1OC(C)=O. The van der Waals surface area contributed by atoms with Gasteiger partial charge in [-0.3, -0.25) is 19.7 Å². The maximum absolute atomic E-state index is 12.9. The van der Waals surface area contributed by atoms with Crippen LogP contribution in [0.5, 0.6) is 17.2 Å². The average Bonchev–Trinajstić information content (AvgIpc) is 2.64. The molecule has 0 aliphatic heterocycles. The zero-order valence-electron chi connectivity index (χ0n) is 15.5. The minimum absolute atomic E-state index is 0.0105. The number of nitrogens with zero attached hydrogens (tertiary/aromatic N) is 1. The van der Waals surface area contributed by atoms with Gasteiger partial charge >= 0.3 is 5.97 Å². The van der Waals surface area contributed by atoms with Gasteiger partial charge in [0.1, 0.15) is 22.8 Å². The third-order valence-electron chi connectivity index (χ3n) is 4.10. The van der Waals surface area contributed by atoms with E-state index in [0.29, 0.717) is 17.7 Å². The summed E-state index contributed by atoms with van der Waals surface area (Å²) < 4.78 is 16.5. The Bertz CT molecular complexity index is 1130. The lowest BCUT2D eigenvalue weighted by Crippen LogP contribution is -2.09. The fourth-order valence-corrected chi connectivity index (χ4v) is 2.76. The molecule has 8 heteroatoms. The van der Waals surface area contributed by atoms with Gasteiger partial charge in [-0.05, 0) is 37.1 Å². The van der Waals surface area contributed by atoms with Crippen molar-refractivity contribution in [1.82, 2.24) is 0 Å². The summed E-state index contributed by atoms with van der Waals surface area (Å²) in [4.78, 5) is 34.5. The highest BCUT2D eigenvalue weighted by molar-refractivity contribution is 5.82. The summed E-state index contributed by atoms with van der Waals surface area (Å²) in [7, 11) is 0. The number of hydrogen-bond donors (Lipinski definition) is 0. The Morgan fingerprint density at radius 1 is 1.21 bits per heavy atom. The summed E-state index contributed by atoms with van der Waals surface area (Å²) >= 11 is 0. The quantitative estimate of drug-likeness (QED) is 0.280. The van der Waals surface area contributed by atoms with E-state index in [1.807, 2.05) is 6.92 Å². The number of nitro groups is 1. The summed E-state index contributed by atoms with van der Waals surface area (Å²) in [6.45, 7) is 4.74. The van der Waals surface area contributed by atoms with Crippen molar-refractivity contribution in [2.24, 2.45) is 0 Å². The summed E-state index contributed by atoms with van der Waals surface area (Å²) in [6, 6.07) is 8.51. The standard InChI is InChI=1S/C20H17NO7/c1-4-13-9-16-18(10-17(13)27-12(3)22)26-11(2)20(19(16)23)28-15-7-5-14(6-8-15)21(24)25/h5-10H,4H2,1-3H3. The number of hydrogen-bond acceptors (Lipinski definition) is 7. The molecular weight excluding hydrogens is 366 g/mol. The van der Waals surface area contributed by atoms with Gasteiger partial charge in [0.05, 0.1) is 10.3 Å². The van der Waals surface area contributed by atoms with Crippen molar-refractivity contribution in [2.75, 3.05) is 0 Å². The lowest BCUT2D eigenvalue weighted by molar-refractivity contribution is -0.384. The first-order valence-corrected chi connectivity index (χ1v) is 8.51. The van der Waals surface area contributed by atoms with Crippen LogP contribution >= 0.6 is 0 Å². The number of non-ortho nitro benzene ring substituents is 1. The Morgan fingerprint density at radius 2 is 1.89 bits per heavy atom. The molecule has 28 heavy (non-hydrogen) atoms. The second kappa shape index (κ2) is 7.51. The number of fused-ring (bicyclic) bond motifs is 1. The van der Waals surface area contributed by atoms with E-state index in [9.17, 15) is 19.7 Å². The van der Waals surface area contributed by atoms with Crippen molar-refractivity contribution < 1.29 is 23.6 Å². The topological polar surface area (TPSA) is 109 Å². The van der Waals surface area contributed by atoms with Crippen LogP contribution in [0.25, 0.3) is 11.0 Å². The highest BCUT2D eigenvalue weighted by atomic mass is 16.6. The number of benzene rings is 2. The van der Waals surface area contributed by atoms with Crippen LogP contribution in [0.2, 0.25) is 0 Å². The highest BCUT2D eigenvalue weighted by Crippen LogP contribution is 2.30. The molecule has 0 N–H and O–H groups in total. The summed E-state index contributed by atoms with van der Waals surface area (Å²) in [5, 5.41) is 11.0. The Kier molecular flexibility index (Phi) is 5.12. The van der Waals surface area contributed by atoms with E-state index in [0.717, 1.165) is 0 Å². The van der Waals surface area contributed by atoms with Gasteiger partial charge in [-0.1, -0.05) is 6.92 Å². The number of esters is 1. The van der Waals surface area contributed by atoms with E-state index in [-0.39, 0.29) is 39.3 Å². The minimum Gasteiger partial charge on any atom is -0.457 e. The first-order chi connectivity index (χ1) is 13.3. The van der Waals surface area contributed by atoms with Crippen LogP contribution in [0.15, 0.2) is 45.6 Å². The largest absolute Gasteiger partial charge is 0.457 e. The number of rotatable bonds is 5. The number of carbonyl (C=O) groups excluding carboxylic acids is 1. The van der Waals surface area contributed by atoms with Crippen molar-refractivity contribution in [3.63, 3.8) is 0 Å². The maximum atomic E-state index is 12.9. The van der Waals surface area contributed by atoms with Gasteiger partial charge in [0.25, 0.3) is 5.69 Å². The molecule has 2 aromatic carbocycles. The molecule has 0 radical (unpaired) electrons.